The van der Waals surface area contributed by atoms with Gasteiger partial charge in [-0.2, -0.15) is 0 Å². The predicted octanol–water partition coefficient (Wildman–Crippen LogP) is 1.62. The maximum Gasteiger partial charge on any atom is 0.248 e. The number of nitrogens with two attached hydrogens (primary N) is 1. The van der Waals surface area contributed by atoms with Crippen LogP contribution in [0.1, 0.15) is 37.0 Å². The van der Waals surface area contributed by atoms with Crippen molar-refractivity contribution in [2.24, 2.45) is 17.6 Å². The molecule has 0 saturated carbocycles. The number of primary amides is 1. The lowest BCUT2D eigenvalue weighted by Crippen LogP contribution is -2.29. The summed E-state index contributed by atoms with van der Waals surface area (Å²) in [5.41, 5.74) is 6.15. The van der Waals surface area contributed by atoms with Gasteiger partial charge in [0.25, 0.3) is 0 Å². The van der Waals surface area contributed by atoms with Crippen LogP contribution in [0.5, 0.6) is 0 Å². The normalized spacial score (nSPS) is 17.6. The van der Waals surface area contributed by atoms with Crippen LogP contribution in [0.3, 0.4) is 0 Å². The van der Waals surface area contributed by atoms with Crippen LogP contribution in [0.4, 0.5) is 5.69 Å². The number of nitrogens with zero attached hydrogens (tertiary/aromatic N) is 1. The van der Waals surface area contributed by atoms with Gasteiger partial charge in [-0.05, 0) is 36.6 Å². The average Bonchev–Trinajstić information content (AvgIpc) is 2.87. The fourth-order valence-electron chi connectivity index (χ4n) is 2.54. The highest BCUT2D eigenvalue weighted by molar-refractivity contribution is 5.98. The molecule has 6 nitrogen and oxygen atoms in total. The first kappa shape index (κ1) is 17.0. The van der Waals surface area contributed by atoms with Gasteiger partial charge < -0.3 is 16.0 Å². The molecule has 0 bridgehead atoms. The van der Waals surface area contributed by atoms with Crippen LogP contribution in [0.2, 0.25) is 0 Å². The van der Waals surface area contributed by atoms with E-state index in [1.165, 1.54) is 0 Å². The molecule has 1 aromatic rings. The molecule has 6 heteroatoms. The summed E-state index contributed by atoms with van der Waals surface area (Å²) >= 11 is 0. The van der Waals surface area contributed by atoms with Crippen molar-refractivity contribution in [2.45, 2.75) is 26.7 Å². The molecule has 1 atom stereocenters. The molecule has 0 radical (unpaired) electrons. The van der Waals surface area contributed by atoms with Crippen LogP contribution < -0.4 is 11.1 Å². The third-order valence-corrected chi connectivity index (χ3v) is 4.00. The molecule has 23 heavy (non-hydrogen) atoms. The largest absolute Gasteiger partial charge is 0.366 e. The molecule has 3 N–H and O–H groups in total. The van der Waals surface area contributed by atoms with Crippen LogP contribution in [0, 0.1) is 11.8 Å². The van der Waals surface area contributed by atoms with Crippen LogP contribution in [-0.2, 0) is 9.59 Å². The lowest BCUT2D eigenvalue weighted by Gasteiger charge is -2.17. The zero-order valence-corrected chi connectivity index (χ0v) is 13.5. The van der Waals surface area contributed by atoms with Gasteiger partial charge in [-0.25, -0.2) is 0 Å². The first-order valence-electron chi connectivity index (χ1n) is 7.85. The summed E-state index contributed by atoms with van der Waals surface area (Å²) in [5.74, 6) is -0.443. The minimum Gasteiger partial charge on any atom is -0.366 e. The second-order valence-electron chi connectivity index (χ2n) is 6.35. The highest BCUT2D eigenvalue weighted by atomic mass is 16.2. The van der Waals surface area contributed by atoms with Crippen LogP contribution >= 0.6 is 0 Å². The minimum atomic E-state index is -0.509. The van der Waals surface area contributed by atoms with Crippen molar-refractivity contribution in [3.8, 4) is 0 Å². The van der Waals surface area contributed by atoms with E-state index in [1.54, 1.807) is 29.2 Å². The lowest BCUT2D eigenvalue weighted by atomic mass is 10.1. The second-order valence-corrected chi connectivity index (χ2v) is 6.35. The number of carbonyl (C=O) groups excluding carboxylic acids is 3. The molecule has 1 aliphatic heterocycles. The Bertz CT molecular complexity index is 596. The maximum atomic E-state index is 12.3. The smallest absolute Gasteiger partial charge is 0.248 e. The molecular formula is C17H23N3O3. The number of anilines is 1. The van der Waals surface area contributed by atoms with Gasteiger partial charge in [-0.1, -0.05) is 13.8 Å². The monoisotopic (exact) mass is 317 g/mol. The van der Waals surface area contributed by atoms with Crippen LogP contribution in [-0.4, -0.2) is 35.7 Å². The summed E-state index contributed by atoms with van der Waals surface area (Å²) in [7, 11) is 0. The number of amides is 3. The average molecular weight is 317 g/mol. The Morgan fingerprint density at radius 3 is 2.52 bits per heavy atom. The van der Waals surface area contributed by atoms with Gasteiger partial charge in [0.15, 0.2) is 0 Å². The molecule has 0 aromatic heterocycles. The van der Waals surface area contributed by atoms with Crippen molar-refractivity contribution in [1.29, 1.82) is 0 Å². The number of rotatable bonds is 6. The number of benzene rings is 1. The number of nitrogens with one attached hydrogen (secondary N) is 1. The summed E-state index contributed by atoms with van der Waals surface area (Å²) < 4.78 is 0. The van der Waals surface area contributed by atoms with Crippen molar-refractivity contribution in [2.75, 3.05) is 18.4 Å². The Labute approximate surface area is 136 Å². The summed E-state index contributed by atoms with van der Waals surface area (Å²) in [6.07, 6.45) is 1.19. The first-order chi connectivity index (χ1) is 10.9. The highest BCUT2D eigenvalue weighted by Crippen LogP contribution is 2.21. The number of hydrogen-bond donors (Lipinski definition) is 2. The molecule has 1 saturated heterocycles. The molecule has 1 heterocycles. The van der Waals surface area contributed by atoms with Gasteiger partial charge in [-0.15, -0.1) is 0 Å². The predicted molar refractivity (Wildman–Crippen MR) is 87.7 cm³/mol. The summed E-state index contributed by atoms with van der Waals surface area (Å²) in [5, 5.41) is 2.79. The van der Waals surface area contributed by atoms with E-state index in [1.807, 2.05) is 0 Å². The van der Waals surface area contributed by atoms with Crippen molar-refractivity contribution in [3.63, 3.8) is 0 Å². The number of likely N-dealkylation sites (tertiary alicyclic amines) is 1. The summed E-state index contributed by atoms with van der Waals surface area (Å²) in [4.78, 5) is 37.0. The molecular weight excluding hydrogens is 294 g/mol. The van der Waals surface area contributed by atoms with Crippen molar-refractivity contribution >= 4 is 23.4 Å². The second kappa shape index (κ2) is 7.26. The minimum absolute atomic E-state index is 0.0369. The van der Waals surface area contributed by atoms with Crippen molar-refractivity contribution in [3.05, 3.63) is 29.8 Å². The van der Waals surface area contributed by atoms with E-state index < -0.39 is 5.91 Å². The Kier molecular flexibility index (Phi) is 5.36. The van der Waals surface area contributed by atoms with Gasteiger partial charge in [0.05, 0.1) is 5.92 Å². The molecule has 1 aromatic carbocycles. The van der Waals surface area contributed by atoms with E-state index in [4.69, 9.17) is 5.73 Å². The zero-order valence-electron chi connectivity index (χ0n) is 13.5. The van der Waals surface area contributed by atoms with E-state index in [0.29, 0.717) is 30.3 Å². The van der Waals surface area contributed by atoms with Gasteiger partial charge in [0.1, 0.15) is 0 Å². The summed E-state index contributed by atoms with van der Waals surface area (Å²) in [6.45, 7) is 5.39. The quantitative estimate of drug-likeness (QED) is 0.835. The van der Waals surface area contributed by atoms with Crippen LogP contribution in [0.15, 0.2) is 24.3 Å². The van der Waals surface area contributed by atoms with E-state index in [2.05, 4.69) is 19.2 Å². The van der Waals surface area contributed by atoms with Gasteiger partial charge in [0, 0.05) is 30.8 Å². The first-order valence-corrected chi connectivity index (χ1v) is 7.85. The van der Waals surface area contributed by atoms with E-state index in [9.17, 15) is 14.4 Å². The van der Waals surface area contributed by atoms with E-state index in [0.717, 1.165) is 6.42 Å². The SMILES string of the molecule is CC(C)CCN1C[C@H](C(=O)Nc2ccc(C(N)=O)cc2)CC1=O. The Hall–Kier alpha value is -2.37. The van der Waals surface area contributed by atoms with Gasteiger partial charge in [-0.3, -0.25) is 14.4 Å². The van der Waals surface area contributed by atoms with Gasteiger partial charge >= 0.3 is 0 Å². The van der Waals surface area contributed by atoms with Gasteiger partial charge in [0.2, 0.25) is 17.7 Å². The molecule has 0 aliphatic carbocycles. The van der Waals surface area contributed by atoms with E-state index >= 15 is 0 Å². The Morgan fingerprint density at radius 1 is 1.30 bits per heavy atom. The third kappa shape index (κ3) is 4.55. The Balaban J connectivity index is 1.91. The lowest BCUT2D eigenvalue weighted by molar-refractivity contribution is -0.128. The molecule has 124 valence electrons. The summed E-state index contributed by atoms with van der Waals surface area (Å²) in [6, 6.07) is 6.38. The molecule has 1 fully saturated rings. The number of hydrogen-bond acceptors (Lipinski definition) is 3. The topological polar surface area (TPSA) is 92.5 Å². The fourth-order valence-corrected chi connectivity index (χ4v) is 2.54. The van der Waals surface area contributed by atoms with E-state index in [-0.39, 0.29) is 24.2 Å². The van der Waals surface area contributed by atoms with Crippen molar-refractivity contribution in [1.82, 2.24) is 4.90 Å². The maximum absolute atomic E-state index is 12.3. The molecule has 2 rings (SSSR count). The number of carbonyl (C=O) groups is 3. The zero-order chi connectivity index (χ0) is 17.0. The highest BCUT2D eigenvalue weighted by Gasteiger charge is 2.34. The van der Waals surface area contributed by atoms with Crippen molar-refractivity contribution < 1.29 is 14.4 Å². The fraction of sp³-hybridized carbons (Fsp3) is 0.471. The Morgan fingerprint density at radius 2 is 1.96 bits per heavy atom. The third-order valence-electron chi connectivity index (χ3n) is 4.00. The molecule has 0 unspecified atom stereocenters. The van der Waals surface area contributed by atoms with Crippen LogP contribution in [0.25, 0.3) is 0 Å². The standard InChI is InChI=1S/C17H23N3O3/c1-11(2)7-8-20-10-13(9-15(20)21)17(23)19-14-5-3-12(4-6-14)16(18)22/h3-6,11,13H,7-10H2,1-2H3,(H2,18,22)(H,19,23)/t13-/m1/s1. The molecule has 3 amide bonds. The molecule has 0 spiro atoms. The molecule has 1 aliphatic rings.